The third-order valence-corrected chi connectivity index (χ3v) is 12.9. The highest BCUT2D eigenvalue weighted by atomic mass is 32.2. The summed E-state index contributed by atoms with van der Waals surface area (Å²) in [4.78, 5) is 66.7. The Hall–Kier alpha value is -5.75. The molecule has 2 atom stereocenters. The largest absolute Gasteiger partial charge is 0.504 e. The van der Waals surface area contributed by atoms with Gasteiger partial charge in [-0.25, -0.2) is 14.4 Å². The Morgan fingerprint density at radius 3 is 1.55 bits per heavy atom. The summed E-state index contributed by atoms with van der Waals surface area (Å²) < 4.78 is 0. The zero-order chi connectivity index (χ0) is 52.7. The van der Waals surface area contributed by atoms with Crippen LogP contribution < -0.4 is 21.2 Å². The van der Waals surface area contributed by atoms with E-state index in [2.05, 4.69) is 87.0 Å². The van der Waals surface area contributed by atoms with E-state index < -0.39 is 48.3 Å². The van der Waals surface area contributed by atoms with Crippen molar-refractivity contribution in [3.05, 3.63) is 123 Å². The quantitative estimate of drug-likeness (QED) is 0.0141. The topological polar surface area (TPSA) is 235 Å². The molecule has 0 aliphatic carbocycles. The van der Waals surface area contributed by atoms with Crippen molar-refractivity contribution in [2.45, 2.75) is 125 Å². The number of phenols is 2. The fourth-order valence-electron chi connectivity index (χ4n) is 6.59. The van der Waals surface area contributed by atoms with Gasteiger partial charge < -0.3 is 36.4 Å². The lowest BCUT2D eigenvalue weighted by molar-refractivity contribution is -0.141. The molecule has 0 aromatic heterocycles. The zero-order valence-corrected chi connectivity index (χ0v) is 44.1. The van der Waals surface area contributed by atoms with Crippen molar-refractivity contribution in [3.8, 4) is 11.5 Å². The lowest BCUT2D eigenvalue weighted by Crippen LogP contribution is -2.46. The number of aromatic hydroxyl groups is 2. The predicted molar refractivity (Wildman–Crippen MR) is 286 cm³/mol. The van der Waals surface area contributed by atoms with Gasteiger partial charge in [-0.3, -0.25) is 19.6 Å². The third kappa shape index (κ3) is 28.0. The van der Waals surface area contributed by atoms with E-state index in [1.807, 2.05) is 13.8 Å². The second kappa shape index (κ2) is 34.6. The molecule has 0 aliphatic rings. The van der Waals surface area contributed by atoms with Crippen LogP contribution in [0.5, 0.6) is 11.5 Å². The van der Waals surface area contributed by atoms with Gasteiger partial charge in [0.05, 0.1) is 25.3 Å². The number of allylic oxidation sites excluding steroid dienone is 9. The molecule has 0 saturated heterocycles. The Bertz CT molecular complexity index is 2230. The average molecular weight is 1020 g/mol. The number of amides is 3. The third-order valence-electron chi connectivity index (χ3n) is 11.0. The number of benzene rings is 2. The van der Waals surface area contributed by atoms with Crippen molar-refractivity contribution in [3.63, 3.8) is 0 Å². The number of nitrogens with zero attached hydrogens (tertiary/aromatic N) is 1. The first-order valence-electron chi connectivity index (χ1n) is 23.9. The molecule has 0 spiro atoms. The number of carbonyl (C=O) groups is 5. The van der Waals surface area contributed by atoms with Crippen LogP contribution in [0, 0.1) is 0 Å². The van der Waals surface area contributed by atoms with Crippen LogP contribution in [0.15, 0.2) is 112 Å². The van der Waals surface area contributed by atoms with Gasteiger partial charge in [-0.05, 0) is 148 Å². The van der Waals surface area contributed by atoms with Crippen LogP contribution in [0.1, 0.15) is 122 Å². The van der Waals surface area contributed by atoms with E-state index in [9.17, 15) is 49.6 Å². The average Bonchev–Trinajstić information content (AvgIpc) is 3.31. The number of carbonyl (C=O) groups excluding carboxylic acids is 3. The second-order valence-corrected chi connectivity index (χ2v) is 19.9. The standard InChI is InChI=1S/C54H76N4O11S2/c1-37(2)12-8-13-38(3)15-10-18-41(6)28-31-71-36-47(54(66)67)57-51(62)34-55-52(63)44-21-23-45(24-22-44)58(68)69-29-26-40(5)17-9-14-39(4)16-11-19-42(7)27-30-70-35-46(53(64)65)56-50(61)33-43-20-25-48(59)49(60)32-43/h12,15-17,20-25,27-28,32,46-47,59-60,68H,8-11,13-14,18-19,26,29-31,33-36H2,1-7H3,(H,55,63)(H,56,61)(H,57,62)(H,64,65)(H,66,67). The van der Waals surface area contributed by atoms with Gasteiger partial charge in [-0.2, -0.15) is 23.5 Å². The summed E-state index contributed by atoms with van der Waals surface area (Å²) in [5, 5.41) is 56.9. The fourth-order valence-corrected chi connectivity index (χ4v) is 8.59. The molecule has 0 saturated carbocycles. The number of hydrogen-bond donors (Lipinski definition) is 8. The zero-order valence-electron chi connectivity index (χ0n) is 42.4. The summed E-state index contributed by atoms with van der Waals surface area (Å²) in [7, 11) is 0. The molecule has 2 aromatic carbocycles. The first-order valence-corrected chi connectivity index (χ1v) is 26.2. The molecule has 15 nitrogen and oxygen atoms in total. The van der Waals surface area contributed by atoms with Gasteiger partial charge in [0.15, 0.2) is 11.5 Å². The molecule has 0 bridgehead atoms. The van der Waals surface area contributed by atoms with Gasteiger partial charge in [-0.15, -0.1) is 5.23 Å². The van der Waals surface area contributed by atoms with Crippen molar-refractivity contribution in [2.75, 3.05) is 41.4 Å². The highest BCUT2D eigenvalue weighted by molar-refractivity contribution is 7.99. The SMILES string of the molecule is CC(C)=CCCC(C)=CCCC(C)=CCSCC(NC(=O)CNC(=O)c1ccc(N(O)OCCC(C)=CCCC(C)=CCCC(C)=CCSCC(NC(=O)Cc2ccc(O)c(O)c2)C(=O)O)cc1)C(=O)O. The van der Waals surface area contributed by atoms with Gasteiger partial charge in [0.2, 0.25) is 11.8 Å². The maximum atomic E-state index is 12.7. The van der Waals surface area contributed by atoms with Crippen molar-refractivity contribution in [1.82, 2.24) is 16.0 Å². The molecule has 0 fully saturated rings. The summed E-state index contributed by atoms with van der Waals surface area (Å²) in [6.07, 6.45) is 20.9. The number of rotatable bonds is 34. The first-order chi connectivity index (χ1) is 33.7. The number of nitrogens with one attached hydrogen (secondary N) is 3. The molecule has 2 rings (SSSR count). The van der Waals surface area contributed by atoms with E-state index in [1.54, 1.807) is 0 Å². The van der Waals surface area contributed by atoms with Crippen LogP contribution in [-0.2, 0) is 30.4 Å². The summed E-state index contributed by atoms with van der Waals surface area (Å²) in [5.74, 6) is -2.99. The number of thioether (sulfide) groups is 2. The van der Waals surface area contributed by atoms with Crippen molar-refractivity contribution < 1.29 is 54.4 Å². The summed E-state index contributed by atoms with van der Waals surface area (Å²) >= 11 is 2.82. The van der Waals surface area contributed by atoms with Crippen molar-refractivity contribution >= 4 is 58.9 Å². The minimum absolute atomic E-state index is 0.127. The van der Waals surface area contributed by atoms with Crippen molar-refractivity contribution in [2.24, 2.45) is 0 Å². The molecule has 71 heavy (non-hydrogen) atoms. The highest BCUT2D eigenvalue weighted by Gasteiger charge is 2.21. The Labute approximate surface area is 428 Å². The normalized spacial score (nSPS) is 13.3. The predicted octanol–water partition coefficient (Wildman–Crippen LogP) is 10.0. The molecule has 0 aliphatic heterocycles. The molecule has 8 N–H and O–H groups in total. The van der Waals surface area contributed by atoms with Gasteiger partial charge in [0.1, 0.15) is 12.1 Å². The highest BCUT2D eigenvalue weighted by Crippen LogP contribution is 2.25. The molecular weight excluding hydrogens is 945 g/mol. The Morgan fingerprint density at radius 2 is 1.07 bits per heavy atom. The monoisotopic (exact) mass is 1020 g/mol. The maximum absolute atomic E-state index is 12.7. The Morgan fingerprint density at radius 1 is 0.606 bits per heavy atom. The molecule has 17 heteroatoms. The second-order valence-electron chi connectivity index (χ2n) is 17.8. The molecule has 0 heterocycles. The first kappa shape index (κ1) is 61.4. The fraction of sp³-hybridized carbons (Fsp3) is 0.463. The van der Waals surface area contributed by atoms with Crippen molar-refractivity contribution in [1.29, 1.82) is 0 Å². The van der Waals surface area contributed by atoms with Gasteiger partial charge in [0, 0.05) is 28.6 Å². The number of carboxylic acids is 2. The molecule has 3 amide bonds. The van der Waals surface area contributed by atoms with Crippen LogP contribution in [-0.4, -0.2) is 104 Å². The van der Waals surface area contributed by atoms with Crippen LogP contribution in [0.3, 0.4) is 0 Å². The van der Waals surface area contributed by atoms with E-state index in [-0.39, 0.29) is 41.6 Å². The lowest BCUT2D eigenvalue weighted by atomic mass is 10.1. The number of aliphatic carboxylic acids is 2. The van der Waals surface area contributed by atoms with Crippen LogP contribution in [0.25, 0.3) is 0 Å². The molecular formula is C54H76N4O11S2. The molecule has 390 valence electrons. The van der Waals surface area contributed by atoms with E-state index >= 15 is 0 Å². The number of hydrogen-bond acceptors (Lipinski definition) is 12. The number of anilines is 1. The van der Waals surface area contributed by atoms with E-state index in [0.717, 1.165) is 56.9 Å². The lowest BCUT2D eigenvalue weighted by Gasteiger charge is -2.17. The molecule has 2 unspecified atom stereocenters. The van der Waals surface area contributed by atoms with Crippen LogP contribution >= 0.6 is 23.5 Å². The summed E-state index contributed by atoms with van der Waals surface area (Å²) in [6.45, 7) is 14.4. The van der Waals surface area contributed by atoms with E-state index in [4.69, 9.17) is 4.84 Å². The number of carboxylic acid groups (broad SMARTS) is 2. The minimum Gasteiger partial charge on any atom is -0.504 e. The molecule has 2 aromatic rings. The van der Waals surface area contributed by atoms with Gasteiger partial charge >= 0.3 is 11.9 Å². The summed E-state index contributed by atoms with van der Waals surface area (Å²) in [5.41, 5.74) is 8.46. The van der Waals surface area contributed by atoms with E-state index in [1.165, 1.54) is 93.9 Å². The van der Waals surface area contributed by atoms with Gasteiger partial charge in [-0.1, -0.05) is 76.0 Å². The van der Waals surface area contributed by atoms with Crippen LogP contribution in [0.4, 0.5) is 5.69 Å². The maximum Gasteiger partial charge on any atom is 0.327 e. The minimum atomic E-state index is -1.15. The number of phenolic OH excluding ortho intramolecular Hbond substituents is 2. The van der Waals surface area contributed by atoms with Gasteiger partial charge in [0.25, 0.3) is 5.91 Å². The molecule has 0 radical (unpaired) electrons. The summed E-state index contributed by atoms with van der Waals surface area (Å²) in [6, 6.07) is 7.81. The van der Waals surface area contributed by atoms with E-state index in [0.29, 0.717) is 34.4 Å². The van der Waals surface area contributed by atoms with Crippen LogP contribution in [0.2, 0.25) is 0 Å². The smallest absolute Gasteiger partial charge is 0.327 e. The Kier molecular flexibility index (Phi) is 29.9. The Balaban J connectivity index is 1.65.